The van der Waals surface area contributed by atoms with E-state index in [1.807, 2.05) is 6.08 Å². The third kappa shape index (κ3) is 6.84. The van der Waals surface area contributed by atoms with E-state index in [2.05, 4.69) is 18.2 Å². The summed E-state index contributed by atoms with van der Waals surface area (Å²) < 4.78 is 4.60. The number of carbonyl (C=O) groups is 1. The molecule has 0 rings (SSSR count). The highest BCUT2D eigenvalue weighted by Crippen LogP contribution is 1.95. The van der Waals surface area contributed by atoms with Crippen LogP contribution in [0.1, 0.15) is 26.2 Å². The monoisotopic (exact) mass is 154 g/mol. The highest BCUT2D eigenvalue weighted by Gasteiger charge is 1.87. The molecule has 62 valence electrons. The summed E-state index contributed by atoms with van der Waals surface area (Å²) in [7, 11) is 0. The van der Waals surface area contributed by atoms with Crippen molar-refractivity contribution in [1.82, 2.24) is 0 Å². The molecule has 0 aliphatic heterocycles. The van der Waals surface area contributed by atoms with Crippen LogP contribution in [0.4, 0.5) is 0 Å². The van der Waals surface area contributed by atoms with Gasteiger partial charge in [0, 0.05) is 6.08 Å². The van der Waals surface area contributed by atoms with Gasteiger partial charge in [0.25, 0.3) is 0 Å². The Morgan fingerprint density at radius 1 is 1.64 bits per heavy atom. The van der Waals surface area contributed by atoms with E-state index in [9.17, 15) is 4.79 Å². The zero-order valence-electron chi connectivity index (χ0n) is 6.88. The summed E-state index contributed by atoms with van der Waals surface area (Å²) in [6.45, 7) is 5.38. The number of allylic oxidation sites excluding steroid dienone is 1. The lowest BCUT2D eigenvalue weighted by atomic mass is 10.2. The summed E-state index contributed by atoms with van der Waals surface area (Å²) in [5.41, 5.74) is 0. The highest BCUT2D eigenvalue weighted by atomic mass is 16.5. The molecule has 0 radical (unpaired) electrons. The van der Waals surface area contributed by atoms with Crippen molar-refractivity contribution in [3.05, 3.63) is 25.0 Å². The number of esters is 1. The molecule has 2 heteroatoms. The minimum atomic E-state index is -0.405. The smallest absolute Gasteiger partial charge is 0.334 e. The van der Waals surface area contributed by atoms with E-state index in [1.54, 1.807) is 0 Å². The van der Waals surface area contributed by atoms with E-state index in [0.717, 1.165) is 25.3 Å². The average Bonchev–Trinajstić information content (AvgIpc) is 2.04. The molecule has 0 aromatic rings. The molecule has 0 amide bonds. The van der Waals surface area contributed by atoms with E-state index in [-0.39, 0.29) is 0 Å². The molecule has 0 aromatic heterocycles. The Kier molecular flexibility index (Phi) is 6.39. The highest BCUT2D eigenvalue weighted by molar-refractivity contribution is 5.81. The molecule has 0 unspecified atom stereocenters. The van der Waals surface area contributed by atoms with E-state index >= 15 is 0 Å². The van der Waals surface area contributed by atoms with Gasteiger partial charge in [-0.25, -0.2) is 4.79 Å². The minimum Gasteiger partial charge on any atom is -0.432 e. The van der Waals surface area contributed by atoms with Gasteiger partial charge in [-0.3, -0.25) is 0 Å². The van der Waals surface area contributed by atoms with Crippen LogP contribution in [-0.2, 0) is 9.53 Å². The van der Waals surface area contributed by atoms with Crippen LogP contribution < -0.4 is 0 Å². The zero-order valence-corrected chi connectivity index (χ0v) is 6.88. The van der Waals surface area contributed by atoms with Crippen LogP contribution in [-0.4, -0.2) is 5.97 Å². The van der Waals surface area contributed by atoms with Crippen LogP contribution in [0.15, 0.2) is 25.0 Å². The second-order valence-electron chi connectivity index (χ2n) is 2.16. The number of carbonyl (C=O) groups excluding carboxylic acids is 1. The fraction of sp³-hybridized carbons (Fsp3) is 0.444. The first-order chi connectivity index (χ1) is 5.31. The lowest BCUT2D eigenvalue weighted by Crippen LogP contribution is -1.91. The van der Waals surface area contributed by atoms with Crippen molar-refractivity contribution in [2.75, 3.05) is 0 Å². The minimum absolute atomic E-state index is 0.405. The second kappa shape index (κ2) is 7.06. The fourth-order valence-corrected chi connectivity index (χ4v) is 0.553. The lowest BCUT2D eigenvalue weighted by molar-refractivity contribution is -0.132. The van der Waals surface area contributed by atoms with Crippen molar-refractivity contribution in [3.8, 4) is 0 Å². The third-order valence-corrected chi connectivity index (χ3v) is 1.17. The van der Waals surface area contributed by atoms with E-state index in [0.29, 0.717) is 0 Å². The van der Waals surface area contributed by atoms with Crippen LogP contribution in [0.2, 0.25) is 0 Å². The van der Waals surface area contributed by atoms with Crippen LogP contribution in [0.25, 0.3) is 0 Å². The number of unbranched alkanes of at least 4 members (excludes halogenated alkanes) is 2. The second-order valence-corrected chi connectivity index (χ2v) is 2.16. The normalized spacial score (nSPS) is 9.91. The lowest BCUT2D eigenvalue weighted by Gasteiger charge is -1.91. The van der Waals surface area contributed by atoms with Gasteiger partial charge < -0.3 is 4.74 Å². The van der Waals surface area contributed by atoms with Gasteiger partial charge in [-0.05, 0) is 18.9 Å². The van der Waals surface area contributed by atoms with Crippen molar-refractivity contribution in [3.63, 3.8) is 0 Å². The molecule has 0 aromatic carbocycles. The van der Waals surface area contributed by atoms with Gasteiger partial charge in [-0.2, -0.15) is 0 Å². The van der Waals surface area contributed by atoms with Crippen LogP contribution in [0, 0.1) is 0 Å². The van der Waals surface area contributed by atoms with Gasteiger partial charge in [0.1, 0.15) is 0 Å². The van der Waals surface area contributed by atoms with E-state index < -0.39 is 5.97 Å². The van der Waals surface area contributed by atoms with E-state index in [4.69, 9.17) is 0 Å². The first kappa shape index (κ1) is 9.95. The number of ether oxygens (including phenoxy) is 1. The van der Waals surface area contributed by atoms with Crippen LogP contribution >= 0.6 is 0 Å². The van der Waals surface area contributed by atoms with Gasteiger partial charge in [0.2, 0.25) is 0 Å². The molecule has 0 spiro atoms. The SMILES string of the molecule is C=CC(=O)OC=CCCCC. The summed E-state index contributed by atoms with van der Waals surface area (Å²) in [4.78, 5) is 10.5. The summed E-state index contributed by atoms with van der Waals surface area (Å²) in [6.07, 6.45) is 7.64. The molecule has 0 N–H and O–H groups in total. The Labute approximate surface area is 67.6 Å². The molecular formula is C9H14O2. The molecule has 0 saturated heterocycles. The van der Waals surface area contributed by atoms with Gasteiger partial charge in [-0.1, -0.05) is 19.9 Å². The third-order valence-electron chi connectivity index (χ3n) is 1.17. The Balaban J connectivity index is 3.29. The molecular weight excluding hydrogens is 140 g/mol. The standard InChI is InChI=1S/C9H14O2/c1-3-5-6-7-8-11-9(10)4-2/h4,7-8H,2-3,5-6H2,1H3. The first-order valence-corrected chi connectivity index (χ1v) is 3.79. The van der Waals surface area contributed by atoms with Crippen molar-refractivity contribution in [2.24, 2.45) is 0 Å². The number of hydrogen-bond donors (Lipinski definition) is 0. The Morgan fingerprint density at radius 2 is 2.36 bits per heavy atom. The number of rotatable bonds is 5. The predicted molar refractivity (Wildman–Crippen MR) is 45.0 cm³/mol. The van der Waals surface area contributed by atoms with Crippen molar-refractivity contribution < 1.29 is 9.53 Å². The molecule has 0 aliphatic rings. The van der Waals surface area contributed by atoms with Gasteiger partial charge in [-0.15, -0.1) is 0 Å². The predicted octanol–water partition coefficient (Wildman–Crippen LogP) is 2.42. The van der Waals surface area contributed by atoms with Crippen LogP contribution in [0.5, 0.6) is 0 Å². The fourth-order valence-electron chi connectivity index (χ4n) is 0.553. The molecule has 0 saturated carbocycles. The summed E-state index contributed by atoms with van der Waals surface area (Å²) in [6, 6.07) is 0. The van der Waals surface area contributed by atoms with Crippen LogP contribution in [0.3, 0.4) is 0 Å². The molecule has 0 atom stereocenters. The maximum atomic E-state index is 10.5. The van der Waals surface area contributed by atoms with Gasteiger partial charge >= 0.3 is 5.97 Å². The maximum Gasteiger partial charge on any atom is 0.334 e. The number of hydrogen-bond acceptors (Lipinski definition) is 2. The zero-order chi connectivity index (χ0) is 8.53. The summed E-state index contributed by atoms with van der Waals surface area (Å²) >= 11 is 0. The largest absolute Gasteiger partial charge is 0.432 e. The average molecular weight is 154 g/mol. The molecule has 0 fully saturated rings. The molecule has 0 bridgehead atoms. The molecule has 2 nitrogen and oxygen atoms in total. The Bertz CT molecular complexity index is 148. The van der Waals surface area contributed by atoms with Crippen molar-refractivity contribution >= 4 is 5.97 Å². The van der Waals surface area contributed by atoms with E-state index in [1.165, 1.54) is 6.26 Å². The topological polar surface area (TPSA) is 26.3 Å². The Morgan fingerprint density at radius 3 is 2.91 bits per heavy atom. The molecule has 0 heterocycles. The summed E-state index contributed by atoms with van der Waals surface area (Å²) in [5.74, 6) is -0.405. The quantitative estimate of drug-likeness (QED) is 0.263. The summed E-state index contributed by atoms with van der Waals surface area (Å²) in [5, 5.41) is 0. The molecule has 11 heavy (non-hydrogen) atoms. The molecule has 0 aliphatic carbocycles. The van der Waals surface area contributed by atoms with Gasteiger partial charge in [0.15, 0.2) is 0 Å². The van der Waals surface area contributed by atoms with Crippen molar-refractivity contribution in [2.45, 2.75) is 26.2 Å². The maximum absolute atomic E-state index is 10.5. The first-order valence-electron chi connectivity index (χ1n) is 3.79. The van der Waals surface area contributed by atoms with Gasteiger partial charge in [0.05, 0.1) is 6.26 Å². The van der Waals surface area contributed by atoms with Crippen molar-refractivity contribution in [1.29, 1.82) is 0 Å². The Hall–Kier alpha value is -1.05.